The highest BCUT2D eigenvalue weighted by Gasteiger charge is 2.52. The van der Waals surface area contributed by atoms with Crippen LogP contribution < -0.4 is 0 Å². The molecule has 0 saturated heterocycles. The van der Waals surface area contributed by atoms with Crippen molar-refractivity contribution in [3.05, 3.63) is 12.2 Å². The number of fused-ring (bicyclic) bond motifs is 5. The van der Waals surface area contributed by atoms with Crippen molar-refractivity contribution in [1.82, 2.24) is 5.01 Å². The van der Waals surface area contributed by atoms with Gasteiger partial charge in [-0.2, -0.15) is 5.11 Å². The van der Waals surface area contributed by atoms with Gasteiger partial charge < -0.3 is 9.05 Å². The Balaban J connectivity index is 1.71. The van der Waals surface area contributed by atoms with Gasteiger partial charge in [-0.25, -0.2) is 0 Å². The average molecular weight is 285 g/mol. The standard InChI is InChI=1S/C12H20N3O3P/c1-3-17-19(16,18-4-2)8-15-12-10-6-5-9(7-10)11(12)13-14-15/h5-6,9-12H,3-4,7-8H2,1-2H3/t9-,10+,11+,12-/m1/s1. The summed E-state index contributed by atoms with van der Waals surface area (Å²) in [6.07, 6.45) is 5.81. The zero-order valence-electron chi connectivity index (χ0n) is 11.3. The predicted molar refractivity (Wildman–Crippen MR) is 70.7 cm³/mol. The van der Waals surface area contributed by atoms with Crippen LogP contribution in [0.3, 0.4) is 0 Å². The summed E-state index contributed by atoms with van der Waals surface area (Å²) in [4.78, 5) is 0. The number of hydrogen-bond acceptors (Lipinski definition) is 6. The van der Waals surface area contributed by atoms with Crippen molar-refractivity contribution in [2.75, 3.05) is 19.5 Å². The lowest BCUT2D eigenvalue weighted by Gasteiger charge is -2.29. The van der Waals surface area contributed by atoms with E-state index in [0.717, 1.165) is 6.42 Å². The fraction of sp³-hybridized carbons (Fsp3) is 0.833. The predicted octanol–water partition coefficient (Wildman–Crippen LogP) is 2.84. The lowest BCUT2D eigenvalue weighted by atomic mass is 9.97. The van der Waals surface area contributed by atoms with Crippen molar-refractivity contribution in [2.45, 2.75) is 32.4 Å². The van der Waals surface area contributed by atoms with Gasteiger partial charge in [0.25, 0.3) is 0 Å². The molecule has 2 bridgehead atoms. The van der Waals surface area contributed by atoms with Gasteiger partial charge in [0, 0.05) is 11.8 Å². The summed E-state index contributed by atoms with van der Waals surface area (Å²) in [6.45, 7) is 4.39. The maximum atomic E-state index is 12.6. The Kier molecular flexibility index (Phi) is 3.50. The van der Waals surface area contributed by atoms with Gasteiger partial charge in [0.05, 0.1) is 19.3 Å². The molecule has 0 unspecified atom stereocenters. The van der Waals surface area contributed by atoms with Crippen molar-refractivity contribution >= 4 is 7.60 Å². The van der Waals surface area contributed by atoms with Crippen molar-refractivity contribution in [2.24, 2.45) is 22.2 Å². The van der Waals surface area contributed by atoms with E-state index in [1.165, 1.54) is 0 Å². The third-order valence-corrected chi connectivity index (χ3v) is 5.93. The number of hydrogen-bond donors (Lipinski definition) is 0. The smallest absolute Gasteiger partial charge is 0.308 e. The van der Waals surface area contributed by atoms with Crippen LogP contribution in [0.4, 0.5) is 0 Å². The number of nitrogens with zero attached hydrogens (tertiary/aromatic N) is 3. The maximum Gasteiger partial charge on any atom is 0.351 e. The second-order valence-corrected chi connectivity index (χ2v) is 7.18. The van der Waals surface area contributed by atoms with Crippen LogP contribution in [0.15, 0.2) is 22.5 Å². The molecule has 0 aromatic carbocycles. The average Bonchev–Trinajstić information content (AvgIpc) is 3.02. The summed E-state index contributed by atoms with van der Waals surface area (Å²) in [6, 6.07) is 0.468. The molecule has 3 rings (SSSR count). The molecule has 0 spiro atoms. The molecule has 0 N–H and O–H groups in total. The first-order valence-corrected chi connectivity index (χ1v) is 8.63. The monoisotopic (exact) mass is 285 g/mol. The van der Waals surface area contributed by atoms with Crippen molar-refractivity contribution in [3.8, 4) is 0 Å². The van der Waals surface area contributed by atoms with Crippen LogP contribution in [0.25, 0.3) is 0 Å². The summed E-state index contributed by atoms with van der Waals surface area (Å²) in [5, 5.41) is 10.4. The Labute approximate surface area is 113 Å². The topological polar surface area (TPSA) is 63.5 Å². The second kappa shape index (κ2) is 5.00. The van der Waals surface area contributed by atoms with Crippen LogP contribution in [-0.2, 0) is 13.6 Å². The molecule has 1 saturated carbocycles. The normalized spacial score (nSPS) is 35.4. The van der Waals surface area contributed by atoms with Gasteiger partial charge in [-0.3, -0.25) is 9.57 Å². The molecule has 19 heavy (non-hydrogen) atoms. The second-order valence-electron chi connectivity index (χ2n) is 5.16. The molecule has 1 heterocycles. The van der Waals surface area contributed by atoms with Gasteiger partial charge in [-0.1, -0.05) is 17.4 Å². The minimum absolute atomic E-state index is 0.205. The zero-order chi connectivity index (χ0) is 13.5. The Hall–Kier alpha value is -0.710. The summed E-state index contributed by atoms with van der Waals surface area (Å²) < 4.78 is 23.2. The van der Waals surface area contributed by atoms with Crippen molar-refractivity contribution < 1.29 is 13.6 Å². The highest BCUT2D eigenvalue weighted by molar-refractivity contribution is 7.53. The van der Waals surface area contributed by atoms with Crippen LogP contribution in [0.1, 0.15) is 20.3 Å². The first-order valence-electron chi connectivity index (χ1n) is 6.90. The lowest BCUT2D eigenvalue weighted by Crippen LogP contribution is -2.38. The molecule has 1 aliphatic heterocycles. The van der Waals surface area contributed by atoms with E-state index in [9.17, 15) is 4.57 Å². The van der Waals surface area contributed by atoms with Crippen molar-refractivity contribution in [3.63, 3.8) is 0 Å². The SMILES string of the molecule is CCOP(=O)(CN1N=N[C@@H]2[C@H]1[C@H]1C=C[C@@H]2C1)OCC. The third kappa shape index (κ3) is 2.26. The highest BCUT2D eigenvalue weighted by atomic mass is 31.2. The third-order valence-electron chi connectivity index (χ3n) is 3.99. The Morgan fingerprint density at radius 2 is 1.95 bits per heavy atom. The summed E-state index contributed by atoms with van der Waals surface area (Å²) in [7, 11) is -3.09. The van der Waals surface area contributed by atoms with Crippen molar-refractivity contribution in [1.29, 1.82) is 0 Å². The molecule has 4 atom stereocenters. The van der Waals surface area contributed by atoms with Crippen LogP contribution in [0.2, 0.25) is 0 Å². The Morgan fingerprint density at radius 3 is 2.63 bits per heavy atom. The van der Waals surface area contributed by atoms with E-state index in [1.807, 2.05) is 18.9 Å². The fourth-order valence-electron chi connectivity index (χ4n) is 3.32. The number of rotatable bonds is 6. The van der Waals surface area contributed by atoms with E-state index in [1.54, 1.807) is 0 Å². The largest absolute Gasteiger partial charge is 0.351 e. The molecule has 6 nitrogen and oxygen atoms in total. The molecular weight excluding hydrogens is 265 g/mol. The quantitative estimate of drug-likeness (QED) is 0.556. The first-order chi connectivity index (χ1) is 9.17. The molecular formula is C12H20N3O3P. The van der Waals surface area contributed by atoms with E-state index in [0.29, 0.717) is 25.0 Å². The summed E-state index contributed by atoms with van der Waals surface area (Å²) in [5.41, 5.74) is 0. The molecule has 0 aromatic heterocycles. The maximum absolute atomic E-state index is 12.6. The van der Waals surface area contributed by atoms with Crippen LogP contribution >= 0.6 is 7.60 Å². The van der Waals surface area contributed by atoms with Gasteiger partial charge in [-0.15, -0.1) is 0 Å². The minimum Gasteiger partial charge on any atom is -0.308 e. The van der Waals surface area contributed by atoms with Crippen LogP contribution in [0, 0.1) is 11.8 Å². The minimum atomic E-state index is -3.09. The van der Waals surface area contributed by atoms with E-state index >= 15 is 0 Å². The molecule has 2 aliphatic carbocycles. The van der Waals surface area contributed by atoms with Gasteiger partial charge in [0.15, 0.2) is 0 Å². The fourth-order valence-corrected chi connectivity index (χ4v) is 4.94. The first kappa shape index (κ1) is 13.3. The molecule has 7 heteroatoms. The van der Waals surface area contributed by atoms with E-state index in [2.05, 4.69) is 22.5 Å². The lowest BCUT2D eigenvalue weighted by molar-refractivity contribution is 0.174. The van der Waals surface area contributed by atoms with Crippen LogP contribution in [0.5, 0.6) is 0 Å². The Bertz CT molecular complexity index is 444. The molecule has 1 fully saturated rings. The van der Waals surface area contributed by atoms with Gasteiger partial charge in [0.2, 0.25) is 0 Å². The highest BCUT2D eigenvalue weighted by Crippen LogP contribution is 2.53. The molecule has 0 amide bonds. The van der Waals surface area contributed by atoms with Gasteiger partial charge >= 0.3 is 7.60 Å². The van der Waals surface area contributed by atoms with Gasteiger partial charge in [0.1, 0.15) is 12.3 Å². The summed E-state index contributed by atoms with van der Waals surface area (Å²) >= 11 is 0. The molecule has 0 radical (unpaired) electrons. The molecule has 0 aromatic rings. The van der Waals surface area contributed by atoms with E-state index in [4.69, 9.17) is 9.05 Å². The zero-order valence-corrected chi connectivity index (χ0v) is 12.2. The van der Waals surface area contributed by atoms with E-state index in [-0.39, 0.29) is 18.4 Å². The van der Waals surface area contributed by atoms with E-state index < -0.39 is 7.60 Å². The Morgan fingerprint density at radius 1 is 1.26 bits per heavy atom. The van der Waals surface area contributed by atoms with Crippen LogP contribution in [-0.4, -0.2) is 36.6 Å². The summed E-state index contributed by atoms with van der Waals surface area (Å²) in [5.74, 6) is 0.976. The van der Waals surface area contributed by atoms with Gasteiger partial charge in [-0.05, 0) is 20.3 Å². The molecule has 106 valence electrons. The molecule has 3 aliphatic rings.